The van der Waals surface area contributed by atoms with Crippen molar-refractivity contribution in [1.82, 2.24) is 0 Å². The fourth-order valence-electron chi connectivity index (χ4n) is 7.44. The highest BCUT2D eigenvalue weighted by molar-refractivity contribution is 7.73. The Morgan fingerprint density at radius 3 is 1.74 bits per heavy atom. The molecule has 4 aliphatic rings. The number of carbonyl (C=O) groups excluding carboxylic acids is 1. The first-order chi connectivity index (χ1) is 16.2. The van der Waals surface area contributed by atoms with E-state index in [2.05, 4.69) is 39.5 Å². The van der Waals surface area contributed by atoms with Gasteiger partial charge in [0.1, 0.15) is 20.1 Å². The van der Waals surface area contributed by atoms with Crippen LogP contribution in [0.25, 0.3) is 0 Å². The molecule has 4 unspecified atom stereocenters. The predicted molar refractivity (Wildman–Crippen MR) is 143 cm³/mol. The number of ketones is 1. The number of benzene rings is 2. The first-order valence-corrected chi connectivity index (χ1v) is 16.6. The summed E-state index contributed by atoms with van der Waals surface area (Å²) < 4.78 is 26.4. The molecule has 2 aliphatic heterocycles. The lowest BCUT2D eigenvalue weighted by Gasteiger charge is -2.29. The van der Waals surface area contributed by atoms with Crippen molar-refractivity contribution in [3.05, 3.63) is 72.8 Å². The van der Waals surface area contributed by atoms with Gasteiger partial charge in [-0.15, -0.1) is 0 Å². The molecule has 2 aliphatic carbocycles. The maximum atomic E-state index is 13.4. The van der Waals surface area contributed by atoms with Crippen LogP contribution in [0.4, 0.5) is 0 Å². The van der Waals surface area contributed by atoms with Gasteiger partial charge in [0.2, 0.25) is 0 Å². The zero-order chi connectivity index (χ0) is 24.3. The summed E-state index contributed by atoms with van der Waals surface area (Å²) in [6, 6.07) is 19.9. The number of rotatable bonds is 3. The van der Waals surface area contributed by atoms with Crippen LogP contribution in [-0.4, -0.2) is 29.4 Å². The summed E-state index contributed by atoms with van der Waals surface area (Å²) in [6.07, 6.45) is 3.15. The van der Waals surface area contributed by atoms with Crippen molar-refractivity contribution in [2.45, 2.75) is 44.9 Å². The maximum absolute atomic E-state index is 13.4. The minimum Gasteiger partial charge on any atom is -0.318 e. The highest BCUT2D eigenvalue weighted by Crippen LogP contribution is 2.70. The van der Waals surface area contributed by atoms with Crippen molar-refractivity contribution in [2.75, 3.05) is 12.3 Å². The van der Waals surface area contributed by atoms with Gasteiger partial charge in [0.15, 0.2) is 0 Å². The van der Waals surface area contributed by atoms with Crippen LogP contribution >= 0.6 is 14.3 Å². The summed E-state index contributed by atoms with van der Waals surface area (Å²) in [7, 11) is -4.45. The SMILES string of the molecule is C=C(C)[C@@H]1CC2[C@@H](C)[C@H]1CP2(=O)c1ccccc1.C[C@@H]1C2CC(=O)[C@@H]1CP2(=O)c1ccccc1. The van der Waals surface area contributed by atoms with E-state index in [9.17, 15) is 13.9 Å². The number of Topliss-reactive ketones (excluding diaryl/α,β-unsaturated/α-hetero) is 1. The molecule has 4 bridgehead atoms. The maximum Gasteiger partial charge on any atom is 0.137 e. The second kappa shape index (κ2) is 8.76. The Bertz CT molecular complexity index is 1190. The Kier molecular flexibility index (Phi) is 6.19. The van der Waals surface area contributed by atoms with Gasteiger partial charge in [-0.05, 0) is 37.0 Å². The van der Waals surface area contributed by atoms with E-state index in [0.29, 0.717) is 47.7 Å². The van der Waals surface area contributed by atoms with Crippen LogP contribution < -0.4 is 10.6 Å². The fraction of sp³-hybridized carbons (Fsp3) is 0.483. The van der Waals surface area contributed by atoms with Crippen molar-refractivity contribution >= 4 is 30.7 Å². The Hall–Kier alpha value is -1.69. The van der Waals surface area contributed by atoms with Gasteiger partial charge in [-0.25, -0.2) is 0 Å². The number of fused-ring (bicyclic) bond motifs is 4. The van der Waals surface area contributed by atoms with Gasteiger partial charge in [0.05, 0.1) is 0 Å². The second-order valence-corrected chi connectivity index (χ2v) is 17.4. The molecule has 2 saturated heterocycles. The molecule has 180 valence electrons. The molecule has 0 amide bonds. The number of hydrogen-bond acceptors (Lipinski definition) is 3. The molecular weight excluding hydrogens is 458 g/mol. The summed E-state index contributed by atoms with van der Waals surface area (Å²) >= 11 is 0. The van der Waals surface area contributed by atoms with E-state index in [0.717, 1.165) is 23.2 Å². The lowest BCUT2D eigenvalue weighted by atomic mass is 9.88. The lowest BCUT2D eigenvalue weighted by molar-refractivity contribution is -0.120. The van der Waals surface area contributed by atoms with Crippen molar-refractivity contribution in [2.24, 2.45) is 29.6 Å². The van der Waals surface area contributed by atoms with Crippen molar-refractivity contribution in [1.29, 1.82) is 0 Å². The van der Waals surface area contributed by atoms with E-state index >= 15 is 0 Å². The molecule has 2 heterocycles. The molecule has 0 spiro atoms. The largest absolute Gasteiger partial charge is 0.318 e. The highest BCUT2D eigenvalue weighted by Gasteiger charge is 2.58. The number of carbonyl (C=O) groups is 1. The Labute approximate surface area is 204 Å². The second-order valence-electron chi connectivity index (χ2n) is 11.1. The van der Waals surface area contributed by atoms with Crippen LogP contribution in [0.1, 0.15) is 33.6 Å². The van der Waals surface area contributed by atoms with E-state index < -0.39 is 14.3 Å². The van der Waals surface area contributed by atoms with E-state index in [1.807, 2.05) is 48.5 Å². The van der Waals surface area contributed by atoms with Crippen LogP contribution in [0, 0.1) is 29.6 Å². The summed E-state index contributed by atoms with van der Waals surface area (Å²) in [5, 5.41) is 2.08. The third kappa shape index (κ3) is 3.66. The van der Waals surface area contributed by atoms with E-state index in [1.165, 1.54) is 5.57 Å². The Morgan fingerprint density at radius 1 is 0.824 bits per heavy atom. The van der Waals surface area contributed by atoms with Crippen LogP contribution in [0.15, 0.2) is 72.8 Å². The third-order valence-electron chi connectivity index (χ3n) is 9.40. The molecule has 6 rings (SSSR count). The standard InChI is InChI=1S/C16H21OP.C13H15O2P/c1-11(2)14-9-16-12(3)15(14)10-18(16,17)13-7-5-4-6-8-13;1-9-11-8-16(15,13(9)7-12(11)14)10-5-3-2-4-6-10/h4-8,12,14-16H,1,9-10H2,2-3H3;2-6,9,11,13H,7-8H2,1H3/t12-,14-,15+,16?,18?;9-,11+,13?,16?/m00/s1. The zero-order valence-electron chi connectivity index (χ0n) is 20.5. The third-order valence-corrected chi connectivity index (χ3v) is 17.1. The fourth-order valence-corrected chi connectivity index (χ4v) is 15.8. The first kappa shape index (κ1) is 24.0. The van der Waals surface area contributed by atoms with Crippen LogP contribution in [0.2, 0.25) is 0 Å². The lowest BCUT2D eigenvalue weighted by Crippen LogP contribution is -2.22. The number of hydrogen-bond donors (Lipinski definition) is 0. The monoisotopic (exact) mass is 494 g/mol. The first-order valence-electron chi connectivity index (χ1n) is 12.6. The van der Waals surface area contributed by atoms with Crippen LogP contribution in [0.3, 0.4) is 0 Å². The Balaban J connectivity index is 0.000000142. The van der Waals surface area contributed by atoms with E-state index in [4.69, 9.17) is 0 Å². The molecule has 3 nitrogen and oxygen atoms in total. The van der Waals surface area contributed by atoms with Crippen LogP contribution in [0.5, 0.6) is 0 Å². The van der Waals surface area contributed by atoms with Crippen molar-refractivity contribution in [3.8, 4) is 0 Å². The van der Waals surface area contributed by atoms with E-state index in [1.54, 1.807) is 0 Å². The molecule has 2 saturated carbocycles. The molecule has 0 radical (unpaired) electrons. The van der Waals surface area contributed by atoms with E-state index in [-0.39, 0.29) is 11.6 Å². The minimum absolute atomic E-state index is 0.0658. The minimum atomic E-state index is -2.30. The summed E-state index contributed by atoms with van der Waals surface area (Å²) in [6.45, 7) is 10.6. The molecule has 34 heavy (non-hydrogen) atoms. The zero-order valence-corrected chi connectivity index (χ0v) is 22.3. The normalized spacial score (nSPS) is 41.9. The van der Waals surface area contributed by atoms with Gasteiger partial charge in [-0.3, -0.25) is 4.79 Å². The number of allylic oxidation sites excluding steroid dienone is 1. The topological polar surface area (TPSA) is 51.2 Å². The molecule has 0 N–H and O–H groups in total. The van der Waals surface area contributed by atoms with Gasteiger partial charge >= 0.3 is 0 Å². The van der Waals surface area contributed by atoms with Gasteiger partial charge in [0, 0.05) is 46.6 Å². The molecule has 2 aromatic carbocycles. The average Bonchev–Trinajstić information content (AvgIpc) is 3.49. The van der Waals surface area contributed by atoms with Crippen molar-refractivity contribution in [3.63, 3.8) is 0 Å². The molecular formula is C29H36O3P2. The smallest absolute Gasteiger partial charge is 0.137 e. The predicted octanol–water partition coefficient (Wildman–Crippen LogP) is 6.19. The van der Waals surface area contributed by atoms with Crippen molar-refractivity contribution < 1.29 is 13.9 Å². The van der Waals surface area contributed by atoms with Gasteiger partial charge < -0.3 is 9.13 Å². The summed E-state index contributed by atoms with van der Waals surface area (Å²) in [5.41, 5.74) is 1.80. The molecule has 2 aromatic rings. The molecule has 9 atom stereocenters. The summed E-state index contributed by atoms with van der Waals surface area (Å²) in [4.78, 5) is 11.6. The Morgan fingerprint density at radius 2 is 1.35 bits per heavy atom. The average molecular weight is 495 g/mol. The molecule has 5 heteroatoms. The molecule has 0 aromatic heterocycles. The van der Waals surface area contributed by atoms with Crippen LogP contribution in [-0.2, 0) is 13.9 Å². The molecule has 4 fully saturated rings. The van der Waals surface area contributed by atoms with Gasteiger partial charge in [-0.2, -0.15) is 0 Å². The summed E-state index contributed by atoms with van der Waals surface area (Å²) in [5.74, 6) is 2.52. The van der Waals surface area contributed by atoms with Gasteiger partial charge in [-0.1, -0.05) is 86.7 Å². The van der Waals surface area contributed by atoms with Gasteiger partial charge in [0.25, 0.3) is 0 Å². The highest BCUT2D eigenvalue weighted by atomic mass is 31.2. The quantitative estimate of drug-likeness (QED) is 0.378.